The van der Waals surface area contributed by atoms with E-state index < -0.39 is 0 Å². The fraction of sp³-hybridized carbons (Fsp3) is 0.786. The molecule has 2 heterocycles. The summed E-state index contributed by atoms with van der Waals surface area (Å²) in [7, 11) is 0. The first-order chi connectivity index (χ1) is 8.65. The van der Waals surface area contributed by atoms with Gasteiger partial charge in [0.05, 0.1) is 10.7 Å². The van der Waals surface area contributed by atoms with E-state index in [1.165, 1.54) is 30.1 Å². The van der Waals surface area contributed by atoms with Crippen LogP contribution >= 0.6 is 11.3 Å². The maximum absolute atomic E-state index is 4.57. The molecule has 102 valence electrons. The summed E-state index contributed by atoms with van der Waals surface area (Å²) in [5.41, 5.74) is 1.24. The molecule has 0 aliphatic carbocycles. The van der Waals surface area contributed by atoms with E-state index in [1.54, 1.807) is 11.3 Å². The maximum atomic E-state index is 4.57. The maximum Gasteiger partial charge on any atom is 0.0897 e. The first kappa shape index (κ1) is 14.0. The molecule has 1 fully saturated rings. The minimum absolute atomic E-state index is 0.700. The van der Waals surface area contributed by atoms with Crippen LogP contribution < -0.4 is 5.32 Å². The average Bonchev–Trinajstić information content (AvgIpc) is 2.89. The second kappa shape index (κ2) is 6.64. The topological polar surface area (TPSA) is 28.2 Å². The van der Waals surface area contributed by atoms with Crippen LogP contribution in [0.5, 0.6) is 0 Å². The van der Waals surface area contributed by atoms with E-state index in [9.17, 15) is 0 Å². The Kier molecular flexibility index (Phi) is 5.15. The molecule has 4 heteroatoms. The minimum atomic E-state index is 0.700. The fourth-order valence-corrected chi connectivity index (χ4v) is 3.17. The average molecular weight is 267 g/mol. The van der Waals surface area contributed by atoms with Gasteiger partial charge in [-0.15, -0.1) is 11.3 Å². The Balaban J connectivity index is 1.80. The third-order valence-corrected chi connectivity index (χ3v) is 4.29. The molecule has 1 atom stereocenters. The molecule has 1 aromatic heterocycles. The molecule has 0 saturated carbocycles. The number of nitrogens with zero attached hydrogens (tertiary/aromatic N) is 2. The second-order valence-electron chi connectivity index (χ2n) is 5.68. The summed E-state index contributed by atoms with van der Waals surface area (Å²) in [6.07, 6.45) is 2.66. The van der Waals surface area contributed by atoms with Gasteiger partial charge in [0.25, 0.3) is 0 Å². The van der Waals surface area contributed by atoms with Crippen molar-refractivity contribution in [2.24, 2.45) is 5.92 Å². The lowest BCUT2D eigenvalue weighted by Crippen LogP contribution is -2.38. The van der Waals surface area contributed by atoms with Crippen molar-refractivity contribution < 1.29 is 0 Å². The van der Waals surface area contributed by atoms with Gasteiger partial charge in [-0.05, 0) is 38.8 Å². The van der Waals surface area contributed by atoms with E-state index in [0.717, 1.165) is 25.6 Å². The Labute approximate surface area is 115 Å². The van der Waals surface area contributed by atoms with Gasteiger partial charge in [-0.2, -0.15) is 0 Å². The Bertz CT molecular complexity index is 362. The Morgan fingerprint density at radius 1 is 1.56 bits per heavy atom. The normalized spacial score (nSPS) is 21.0. The fourth-order valence-electron chi connectivity index (χ4n) is 2.56. The predicted octanol–water partition coefficient (Wildman–Crippen LogP) is 2.66. The number of aromatic nitrogens is 1. The number of hydrogen-bond donors (Lipinski definition) is 1. The SMILES string of the molecule is Cc1nc(CN2CCCC2CNCC(C)C)cs1. The lowest BCUT2D eigenvalue weighted by molar-refractivity contribution is 0.235. The first-order valence-electron chi connectivity index (χ1n) is 7.01. The smallest absolute Gasteiger partial charge is 0.0897 e. The van der Waals surface area contributed by atoms with E-state index >= 15 is 0 Å². The number of likely N-dealkylation sites (tertiary alicyclic amines) is 1. The van der Waals surface area contributed by atoms with E-state index in [1.807, 2.05) is 0 Å². The number of nitrogens with one attached hydrogen (secondary N) is 1. The van der Waals surface area contributed by atoms with Gasteiger partial charge in [-0.1, -0.05) is 13.8 Å². The molecule has 0 aromatic carbocycles. The molecule has 1 N–H and O–H groups in total. The summed E-state index contributed by atoms with van der Waals surface area (Å²) >= 11 is 1.76. The molecule has 1 aliphatic rings. The van der Waals surface area contributed by atoms with Crippen molar-refractivity contribution in [1.29, 1.82) is 0 Å². The lowest BCUT2D eigenvalue weighted by Gasteiger charge is -2.24. The zero-order valence-electron chi connectivity index (χ0n) is 11.8. The summed E-state index contributed by atoms with van der Waals surface area (Å²) in [4.78, 5) is 7.16. The van der Waals surface area contributed by atoms with Crippen LogP contribution in [0.2, 0.25) is 0 Å². The Morgan fingerprint density at radius 3 is 3.06 bits per heavy atom. The van der Waals surface area contributed by atoms with Crippen molar-refractivity contribution in [2.45, 2.75) is 46.2 Å². The van der Waals surface area contributed by atoms with E-state index in [4.69, 9.17) is 0 Å². The van der Waals surface area contributed by atoms with Crippen molar-refractivity contribution in [3.63, 3.8) is 0 Å². The van der Waals surface area contributed by atoms with Gasteiger partial charge in [0.1, 0.15) is 0 Å². The second-order valence-corrected chi connectivity index (χ2v) is 6.74. The molecular weight excluding hydrogens is 242 g/mol. The molecule has 0 spiro atoms. The first-order valence-corrected chi connectivity index (χ1v) is 7.89. The van der Waals surface area contributed by atoms with Gasteiger partial charge in [-0.25, -0.2) is 4.98 Å². The van der Waals surface area contributed by atoms with Gasteiger partial charge in [0, 0.05) is 24.5 Å². The molecule has 0 radical (unpaired) electrons. The predicted molar refractivity (Wildman–Crippen MR) is 78.0 cm³/mol. The molecule has 0 bridgehead atoms. The van der Waals surface area contributed by atoms with Crippen molar-refractivity contribution >= 4 is 11.3 Å². The lowest BCUT2D eigenvalue weighted by atomic mass is 10.2. The van der Waals surface area contributed by atoms with Gasteiger partial charge < -0.3 is 5.32 Å². The number of aryl methyl sites for hydroxylation is 1. The third kappa shape index (κ3) is 4.04. The summed E-state index contributed by atoms with van der Waals surface area (Å²) in [6, 6.07) is 0.700. The highest BCUT2D eigenvalue weighted by Crippen LogP contribution is 2.20. The van der Waals surface area contributed by atoms with E-state index in [0.29, 0.717) is 6.04 Å². The number of thiazole rings is 1. The van der Waals surface area contributed by atoms with Gasteiger partial charge >= 0.3 is 0 Å². The molecule has 1 aromatic rings. The zero-order valence-corrected chi connectivity index (χ0v) is 12.6. The molecule has 3 nitrogen and oxygen atoms in total. The van der Waals surface area contributed by atoms with Crippen LogP contribution in [-0.2, 0) is 6.54 Å². The molecule has 0 amide bonds. The van der Waals surface area contributed by atoms with Crippen LogP contribution in [0.25, 0.3) is 0 Å². The quantitative estimate of drug-likeness (QED) is 0.859. The molecular formula is C14H25N3S. The van der Waals surface area contributed by atoms with Crippen molar-refractivity contribution in [3.8, 4) is 0 Å². The molecule has 2 rings (SSSR count). The monoisotopic (exact) mass is 267 g/mol. The van der Waals surface area contributed by atoms with Crippen LogP contribution in [0.3, 0.4) is 0 Å². The third-order valence-electron chi connectivity index (χ3n) is 3.46. The van der Waals surface area contributed by atoms with Crippen LogP contribution in [0.15, 0.2) is 5.38 Å². The van der Waals surface area contributed by atoms with Gasteiger partial charge in [-0.3, -0.25) is 4.90 Å². The van der Waals surface area contributed by atoms with E-state index in [-0.39, 0.29) is 0 Å². The van der Waals surface area contributed by atoms with Crippen molar-refractivity contribution in [2.75, 3.05) is 19.6 Å². The standard InChI is InChI=1S/C14H25N3S/c1-11(2)7-15-8-14-5-4-6-17(14)9-13-10-18-12(3)16-13/h10-11,14-15H,4-9H2,1-3H3. The van der Waals surface area contributed by atoms with Gasteiger partial charge in [0.15, 0.2) is 0 Å². The highest BCUT2D eigenvalue weighted by Gasteiger charge is 2.24. The molecule has 18 heavy (non-hydrogen) atoms. The number of rotatable bonds is 6. The molecule has 1 aliphatic heterocycles. The highest BCUT2D eigenvalue weighted by atomic mass is 32.1. The van der Waals surface area contributed by atoms with Crippen molar-refractivity contribution in [1.82, 2.24) is 15.2 Å². The largest absolute Gasteiger partial charge is 0.315 e. The van der Waals surface area contributed by atoms with Gasteiger partial charge in [0.2, 0.25) is 0 Å². The van der Waals surface area contributed by atoms with Crippen LogP contribution in [-0.4, -0.2) is 35.6 Å². The van der Waals surface area contributed by atoms with Crippen LogP contribution in [0, 0.1) is 12.8 Å². The highest BCUT2D eigenvalue weighted by molar-refractivity contribution is 7.09. The summed E-state index contributed by atoms with van der Waals surface area (Å²) in [5, 5.41) is 6.97. The van der Waals surface area contributed by atoms with Crippen LogP contribution in [0.1, 0.15) is 37.4 Å². The number of hydrogen-bond acceptors (Lipinski definition) is 4. The summed E-state index contributed by atoms with van der Waals surface area (Å²) in [6.45, 7) is 11.1. The summed E-state index contributed by atoms with van der Waals surface area (Å²) in [5.74, 6) is 0.737. The minimum Gasteiger partial charge on any atom is -0.315 e. The zero-order chi connectivity index (χ0) is 13.0. The Hall–Kier alpha value is -0.450. The van der Waals surface area contributed by atoms with E-state index in [2.05, 4.69) is 41.4 Å². The Morgan fingerprint density at radius 2 is 2.39 bits per heavy atom. The van der Waals surface area contributed by atoms with Crippen LogP contribution in [0.4, 0.5) is 0 Å². The van der Waals surface area contributed by atoms with Crippen molar-refractivity contribution in [3.05, 3.63) is 16.1 Å². The molecule has 1 unspecified atom stereocenters. The molecule has 1 saturated heterocycles. The summed E-state index contributed by atoms with van der Waals surface area (Å²) < 4.78 is 0.